The molecule has 1 fully saturated rings. The van der Waals surface area contributed by atoms with E-state index in [0.29, 0.717) is 6.04 Å². The van der Waals surface area contributed by atoms with Crippen LogP contribution in [0.2, 0.25) is 0 Å². The molecule has 0 bridgehead atoms. The minimum Gasteiger partial charge on any atom is -0.341 e. The third-order valence-electron chi connectivity index (χ3n) is 3.84. The Morgan fingerprint density at radius 3 is 2.63 bits per heavy atom. The first-order valence-corrected chi connectivity index (χ1v) is 6.76. The summed E-state index contributed by atoms with van der Waals surface area (Å²) in [7, 11) is 1.94. The van der Waals surface area contributed by atoms with Gasteiger partial charge in [-0.1, -0.05) is 37.3 Å². The van der Waals surface area contributed by atoms with Gasteiger partial charge in [-0.05, 0) is 24.9 Å². The summed E-state index contributed by atoms with van der Waals surface area (Å²) in [5.41, 5.74) is 1.13. The summed E-state index contributed by atoms with van der Waals surface area (Å²) >= 11 is 0. The van der Waals surface area contributed by atoms with Crippen LogP contribution < -0.4 is 5.32 Å². The molecule has 3 nitrogen and oxygen atoms in total. The van der Waals surface area contributed by atoms with Crippen molar-refractivity contribution in [2.24, 2.45) is 0 Å². The van der Waals surface area contributed by atoms with Crippen LogP contribution in [0.1, 0.15) is 31.2 Å². The molecule has 2 unspecified atom stereocenters. The minimum atomic E-state index is -0.00296. The predicted octanol–water partition coefficient (Wildman–Crippen LogP) is 2.42. The highest BCUT2D eigenvalue weighted by Gasteiger charge is 2.28. The van der Waals surface area contributed by atoms with Crippen LogP contribution in [0.3, 0.4) is 0 Å². The summed E-state index contributed by atoms with van der Waals surface area (Å²) in [5.74, 6) is 0.245. The lowest BCUT2D eigenvalue weighted by molar-refractivity contribution is -0.133. The molecule has 1 aliphatic rings. The molecule has 0 saturated carbocycles. The maximum Gasteiger partial charge on any atom is 0.230 e. The average molecular weight is 283 g/mol. The highest BCUT2D eigenvalue weighted by atomic mass is 35.5. The summed E-state index contributed by atoms with van der Waals surface area (Å²) < 4.78 is 0. The zero-order chi connectivity index (χ0) is 13.0. The van der Waals surface area contributed by atoms with Gasteiger partial charge >= 0.3 is 0 Å². The lowest BCUT2D eigenvalue weighted by Crippen LogP contribution is -2.41. The highest BCUT2D eigenvalue weighted by Crippen LogP contribution is 2.23. The number of nitrogens with one attached hydrogen (secondary N) is 1. The quantitative estimate of drug-likeness (QED) is 0.920. The number of hydrogen-bond donors (Lipinski definition) is 1. The molecule has 0 aliphatic carbocycles. The first-order chi connectivity index (χ1) is 8.74. The van der Waals surface area contributed by atoms with Crippen molar-refractivity contribution >= 4 is 18.3 Å². The fraction of sp³-hybridized carbons (Fsp3) is 0.533. The van der Waals surface area contributed by atoms with Gasteiger partial charge in [0.1, 0.15) is 0 Å². The summed E-state index contributed by atoms with van der Waals surface area (Å²) in [4.78, 5) is 14.5. The van der Waals surface area contributed by atoms with E-state index in [9.17, 15) is 4.79 Å². The molecule has 0 aromatic heterocycles. The van der Waals surface area contributed by atoms with Crippen molar-refractivity contribution in [3.8, 4) is 0 Å². The van der Waals surface area contributed by atoms with Crippen LogP contribution in [0.4, 0.5) is 0 Å². The molecule has 1 saturated heterocycles. The molecule has 19 heavy (non-hydrogen) atoms. The van der Waals surface area contributed by atoms with Crippen LogP contribution in [-0.4, -0.2) is 37.0 Å². The third kappa shape index (κ3) is 3.71. The first kappa shape index (κ1) is 16.0. The third-order valence-corrected chi connectivity index (χ3v) is 3.84. The van der Waals surface area contributed by atoms with E-state index < -0.39 is 0 Å². The molecule has 2 rings (SSSR count). The Bertz CT molecular complexity index is 390. The number of nitrogens with zero attached hydrogens (tertiary/aromatic N) is 1. The van der Waals surface area contributed by atoms with Crippen molar-refractivity contribution in [1.29, 1.82) is 0 Å². The Morgan fingerprint density at radius 2 is 2.11 bits per heavy atom. The summed E-state index contributed by atoms with van der Waals surface area (Å²) in [5, 5.41) is 3.31. The maximum atomic E-state index is 12.6. The molecule has 4 heteroatoms. The van der Waals surface area contributed by atoms with Gasteiger partial charge in [0.05, 0.1) is 5.92 Å². The van der Waals surface area contributed by atoms with Crippen LogP contribution in [0.15, 0.2) is 30.3 Å². The second kappa shape index (κ2) is 7.51. The summed E-state index contributed by atoms with van der Waals surface area (Å²) in [6.45, 7) is 4.02. The Kier molecular flexibility index (Phi) is 6.32. The molecule has 1 heterocycles. The highest BCUT2D eigenvalue weighted by molar-refractivity contribution is 5.85. The van der Waals surface area contributed by atoms with E-state index in [2.05, 4.69) is 12.2 Å². The molecule has 0 radical (unpaired) electrons. The van der Waals surface area contributed by atoms with Crippen molar-refractivity contribution in [3.05, 3.63) is 35.9 Å². The van der Waals surface area contributed by atoms with Gasteiger partial charge in [0, 0.05) is 19.6 Å². The van der Waals surface area contributed by atoms with Crippen LogP contribution in [-0.2, 0) is 4.79 Å². The standard InChI is InChI=1S/C15H22N2O.ClH/c1-3-14(12-7-5-4-6-8-12)15(18)17(2)13-9-10-16-11-13;/h4-8,13-14,16H,3,9-11H2,1-2H3;1H. The van der Waals surface area contributed by atoms with E-state index in [4.69, 9.17) is 0 Å². The average Bonchev–Trinajstić information content (AvgIpc) is 2.94. The SMILES string of the molecule is CCC(C(=O)N(C)C1CCNC1)c1ccccc1.Cl. The van der Waals surface area contributed by atoms with Gasteiger partial charge in [0.2, 0.25) is 5.91 Å². The molecular formula is C15H23ClN2O. The van der Waals surface area contributed by atoms with Crippen LogP contribution in [0.5, 0.6) is 0 Å². The molecular weight excluding hydrogens is 260 g/mol. The lowest BCUT2D eigenvalue weighted by atomic mass is 9.94. The van der Waals surface area contributed by atoms with Gasteiger partial charge in [0.25, 0.3) is 0 Å². The minimum absolute atomic E-state index is 0. The largest absolute Gasteiger partial charge is 0.341 e. The van der Waals surface area contributed by atoms with E-state index in [-0.39, 0.29) is 24.2 Å². The van der Waals surface area contributed by atoms with Crippen LogP contribution in [0, 0.1) is 0 Å². The molecule has 0 spiro atoms. The topological polar surface area (TPSA) is 32.3 Å². The van der Waals surface area contributed by atoms with Gasteiger partial charge in [-0.25, -0.2) is 0 Å². The second-order valence-corrected chi connectivity index (χ2v) is 4.97. The molecule has 1 aromatic rings. The molecule has 1 amide bonds. The second-order valence-electron chi connectivity index (χ2n) is 4.97. The molecule has 1 aromatic carbocycles. The van der Waals surface area contributed by atoms with Crippen molar-refractivity contribution in [2.75, 3.05) is 20.1 Å². The number of carbonyl (C=O) groups excluding carboxylic acids is 1. The fourth-order valence-electron chi connectivity index (χ4n) is 2.63. The number of likely N-dealkylation sites (N-methyl/N-ethyl adjacent to an activating group) is 1. The van der Waals surface area contributed by atoms with E-state index in [1.54, 1.807) is 0 Å². The van der Waals surface area contributed by atoms with E-state index in [1.807, 2.05) is 42.3 Å². The molecule has 2 atom stereocenters. The Hall–Kier alpha value is -1.06. The molecule has 1 N–H and O–H groups in total. The number of amides is 1. The van der Waals surface area contributed by atoms with E-state index in [0.717, 1.165) is 31.5 Å². The van der Waals surface area contributed by atoms with Crippen molar-refractivity contribution < 1.29 is 4.79 Å². The monoisotopic (exact) mass is 282 g/mol. The smallest absolute Gasteiger partial charge is 0.230 e. The van der Waals surface area contributed by atoms with Crippen molar-refractivity contribution in [2.45, 2.75) is 31.7 Å². The van der Waals surface area contributed by atoms with Gasteiger partial charge in [0.15, 0.2) is 0 Å². The fourth-order valence-corrected chi connectivity index (χ4v) is 2.63. The first-order valence-electron chi connectivity index (χ1n) is 6.76. The summed E-state index contributed by atoms with van der Waals surface area (Å²) in [6, 6.07) is 10.4. The molecule has 106 valence electrons. The Morgan fingerprint density at radius 1 is 1.42 bits per heavy atom. The number of benzene rings is 1. The number of hydrogen-bond acceptors (Lipinski definition) is 2. The van der Waals surface area contributed by atoms with E-state index in [1.165, 1.54) is 0 Å². The predicted molar refractivity (Wildman–Crippen MR) is 80.8 cm³/mol. The van der Waals surface area contributed by atoms with Crippen molar-refractivity contribution in [3.63, 3.8) is 0 Å². The van der Waals surface area contributed by atoms with Crippen LogP contribution in [0.25, 0.3) is 0 Å². The zero-order valence-electron chi connectivity index (χ0n) is 11.6. The normalized spacial score (nSPS) is 19.6. The number of carbonyl (C=O) groups is 1. The van der Waals surface area contributed by atoms with Gasteiger partial charge in [-0.3, -0.25) is 4.79 Å². The van der Waals surface area contributed by atoms with Crippen molar-refractivity contribution in [1.82, 2.24) is 10.2 Å². The summed E-state index contributed by atoms with van der Waals surface area (Å²) in [6.07, 6.45) is 1.92. The Balaban J connectivity index is 0.00000180. The van der Waals surface area contributed by atoms with Gasteiger partial charge in [-0.2, -0.15) is 0 Å². The van der Waals surface area contributed by atoms with Gasteiger partial charge in [-0.15, -0.1) is 12.4 Å². The zero-order valence-corrected chi connectivity index (χ0v) is 12.5. The lowest BCUT2D eigenvalue weighted by Gasteiger charge is -2.28. The number of halogens is 1. The number of rotatable bonds is 4. The van der Waals surface area contributed by atoms with Crippen LogP contribution >= 0.6 is 12.4 Å². The Labute approximate surface area is 121 Å². The molecule has 1 aliphatic heterocycles. The van der Waals surface area contributed by atoms with Gasteiger partial charge < -0.3 is 10.2 Å². The van der Waals surface area contributed by atoms with E-state index >= 15 is 0 Å². The maximum absolute atomic E-state index is 12.6.